The topological polar surface area (TPSA) is 23.6 Å². The van der Waals surface area contributed by atoms with Crippen molar-refractivity contribution < 1.29 is 4.79 Å². The maximum absolute atomic E-state index is 12.7. The third-order valence-electron chi connectivity index (χ3n) is 3.95. The Kier molecular flexibility index (Phi) is 3.60. The van der Waals surface area contributed by atoms with Crippen LogP contribution in [-0.2, 0) is 4.79 Å². The lowest BCUT2D eigenvalue weighted by Gasteiger charge is -2.26. The number of benzene rings is 2. The van der Waals surface area contributed by atoms with Crippen molar-refractivity contribution in [3.8, 4) is 0 Å². The molecule has 3 nitrogen and oxygen atoms in total. The highest BCUT2D eigenvalue weighted by atomic mass is 35.5. The summed E-state index contributed by atoms with van der Waals surface area (Å²) >= 11 is 6.14. The molecule has 1 amide bonds. The highest BCUT2D eigenvalue weighted by Gasteiger charge is 2.29. The Hall–Kier alpha value is -2.00. The first-order valence-electron chi connectivity index (χ1n) is 6.98. The van der Waals surface area contributed by atoms with Crippen LogP contribution in [0.4, 0.5) is 17.1 Å². The molecule has 0 bridgehead atoms. The van der Waals surface area contributed by atoms with Crippen molar-refractivity contribution in [2.75, 3.05) is 16.8 Å². The van der Waals surface area contributed by atoms with E-state index in [2.05, 4.69) is 11.8 Å². The number of fused-ring (bicyclic) bond motifs is 1. The predicted molar refractivity (Wildman–Crippen MR) is 87.5 cm³/mol. The van der Waals surface area contributed by atoms with Crippen molar-refractivity contribution in [3.05, 3.63) is 53.6 Å². The Balaban J connectivity index is 2.20. The minimum absolute atomic E-state index is 0.0987. The molecule has 0 spiro atoms. The van der Waals surface area contributed by atoms with Crippen LogP contribution in [0.15, 0.2) is 48.5 Å². The molecule has 2 aromatic rings. The fraction of sp³-hybridized carbons (Fsp3) is 0.235. The van der Waals surface area contributed by atoms with E-state index in [1.165, 1.54) is 0 Å². The first-order chi connectivity index (χ1) is 10.1. The molecule has 0 aliphatic carbocycles. The van der Waals surface area contributed by atoms with Crippen molar-refractivity contribution in [1.29, 1.82) is 0 Å². The lowest BCUT2D eigenvalue weighted by molar-refractivity contribution is -0.118. The molecule has 1 unspecified atom stereocenters. The van der Waals surface area contributed by atoms with E-state index in [0.717, 1.165) is 17.1 Å². The quantitative estimate of drug-likeness (QED) is 0.787. The first-order valence-corrected chi connectivity index (χ1v) is 7.36. The third kappa shape index (κ3) is 2.49. The fourth-order valence-corrected chi connectivity index (χ4v) is 2.85. The van der Waals surface area contributed by atoms with Crippen molar-refractivity contribution in [3.63, 3.8) is 0 Å². The van der Waals surface area contributed by atoms with Gasteiger partial charge < -0.3 is 4.90 Å². The molecule has 108 valence electrons. The SMILES string of the molecule is CC1CC(=O)N(c2ccccc2)c2ccc(Cl)cc2N1C. The van der Waals surface area contributed by atoms with E-state index in [1.807, 2.05) is 55.6 Å². The van der Waals surface area contributed by atoms with Crippen LogP contribution in [0.3, 0.4) is 0 Å². The maximum Gasteiger partial charge on any atom is 0.233 e. The Bertz CT molecular complexity index is 672. The van der Waals surface area contributed by atoms with E-state index < -0.39 is 0 Å². The van der Waals surface area contributed by atoms with Gasteiger partial charge in [-0.05, 0) is 37.3 Å². The molecule has 0 fully saturated rings. The van der Waals surface area contributed by atoms with Gasteiger partial charge in [0.2, 0.25) is 5.91 Å². The van der Waals surface area contributed by atoms with Gasteiger partial charge in [0, 0.05) is 30.2 Å². The number of carbonyl (C=O) groups excluding carboxylic acids is 1. The van der Waals surface area contributed by atoms with E-state index in [1.54, 1.807) is 4.90 Å². The molecule has 0 aromatic heterocycles. The van der Waals surface area contributed by atoms with Crippen LogP contribution < -0.4 is 9.80 Å². The zero-order valence-corrected chi connectivity index (χ0v) is 12.8. The van der Waals surface area contributed by atoms with Gasteiger partial charge in [-0.25, -0.2) is 0 Å². The number of hydrogen-bond donors (Lipinski definition) is 0. The van der Waals surface area contributed by atoms with Crippen LogP contribution in [0.5, 0.6) is 0 Å². The second-order valence-electron chi connectivity index (χ2n) is 5.36. The normalized spacial score (nSPS) is 18.4. The standard InChI is InChI=1S/C17H17ClN2O/c1-12-10-17(21)20(14-6-4-3-5-7-14)15-9-8-13(18)11-16(15)19(12)2/h3-9,11-12H,10H2,1-2H3. The van der Waals surface area contributed by atoms with Crippen LogP contribution in [0.25, 0.3) is 0 Å². The van der Waals surface area contributed by atoms with Gasteiger partial charge in [-0.1, -0.05) is 29.8 Å². The number of halogens is 1. The van der Waals surface area contributed by atoms with Crippen molar-refractivity contribution in [2.24, 2.45) is 0 Å². The summed E-state index contributed by atoms with van der Waals surface area (Å²) in [5.41, 5.74) is 2.74. The van der Waals surface area contributed by atoms with Crippen LogP contribution in [0, 0.1) is 0 Å². The molecule has 4 heteroatoms. The van der Waals surface area contributed by atoms with Gasteiger partial charge >= 0.3 is 0 Å². The number of rotatable bonds is 1. The largest absolute Gasteiger partial charge is 0.370 e. The Morgan fingerprint density at radius 2 is 1.81 bits per heavy atom. The molecular weight excluding hydrogens is 284 g/mol. The first kappa shape index (κ1) is 14.0. The minimum Gasteiger partial charge on any atom is -0.370 e. The van der Waals surface area contributed by atoms with Crippen molar-refractivity contribution in [2.45, 2.75) is 19.4 Å². The molecule has 3 rings (SSSR count). The second kappa shape index (κ2) is 5.41. The smallest absolute Gasteiger partial charge is 0.233 e. The van der Waals surface area contributed by atoms with Crippen molar-refractivity contribution >= 4 is 34.6 Å². The van der Waals surface area contributed by atoms with Crippen LogP contribution >= 0.6 is 11.6 Å². The predicted octanol–water partition coefficient (Wildman–Crippen LogP) is 4.23. The average Bonchev–Trinajstić information content (AvgIpc) is 2.57. The molecule has 1 aliphatic heterocycles. The summed E-state index contributed by atoms with van der Waals surface area (Å²) in [7, 11) is 2.00. The van der Waals surface area contributed by atoms with E-state index in [9.17, 15) is 4.79 Å². The minimum atomic E-state index is 0.0987. The summed E-state index contributed by atoms with van der Waals surface area (Å²) in [5.74, 6) is 0.0987. The molecule has 0 N–H and O–H groups in total. The Morgan fingerprint density at radius 1 is 1.10 bits per heavy atom. The third-order valence-corrected chi connectivity index (χ3v) is 4.19. The zero-order chi connectivity index (χ0) is 15.0. The van der Waals surface area contributed by atoms with E-state index in [-0.39, 0.29) is 11.9 Å². The zero-order valence-electron chi connectivity index (χ0n) is 12.1. The van der Waals surface area contributed by atoms with E-state index in [4.69, 9.17) is 11.6 Å². The van der Waals surface area contributed by atoms with E-state index >= 15 is 0 Å². The Morgan fingerprint density at radius 3 is 2.52 bits per heavy atom. The van der Waals surface area contributed by atoms with Gasteiger partial charge in [0.1, 0.15) is 0 Å². The Labute approximate surface area is 129 Å². The number of anilines is 3. The average molecular weight is 301 g/mol. The summed E-state index contributed by atoms with van der Waals surface area (Å²) in [5, 5.41) is 0.676. The number of nitrogens with zero attached hydrogens (tertiary/aromatic N) is 2. The van der Waals surface area contributed by atoms with Gasteiger partial charge in [0.15, 0.2) is 0 Å². The lowest BCUT2D eigenvalue weighted by atomic mass is 10.2. The molecule has 1 atom stereocenters. The molecule has 1 aliphatic rings. The van der Waals surface area contributed by atoms with Gasteiger partial charge in [-0.2, -0.15) is 0 Å². The van der Waals surface area contributed by atoms with Gasteiger partial charge in [0.05, 0.1) is 11.4 Å². The summed E-state index contributed by atoms with van der Waals surface area (Å²) < 4.78 is 0. The molecule has 21 heavy (non-hydrogen) atoms. The van der Waals surface area contributed by atoms with Gasteiger partial charge in [-0.3, -0.25) is 9.69 Å². The summed E-state index contributed by atoms with van der Waals surface area (Å²) in [6, 6.07) is 15.5. The number of hydrogen-bond acceptors (Lipinski definition) is 2. The highest BCUT2D eigenvalue weighted by molar-refractivity contribution is 6.31. The number of amides is 1. The van der Waals surface area contributed by atoms with Crippen molar-refractivity contribution in [1.82, 2.24) is 0 Å². The van der Waals surface area contributed by atoms with Crippen LogP contribution in [0.1, 0.15) is 13.3 Å². The molecule has 0 saturated carbocycles. The van der Waals surface area contributed by atoms with E-state index in [0.29, 0.717) is 11.4 Å². The molecular formula is C17H17ClN2O. The lowest BCUT2D eigenvalue weighted by Crippen LogP contribution is -2.31. The summed E-state index contributed by atoms with van der Waals surface area (Å²) in [6.45, 7) is 2.05. The van der Waals surface area contributed by atoms with Gasteiger partial charge in [0.25, 0.3) is 0 Å². The highest BCUT2D eigenvalue weighted by Crippen LogP contribution is 2.39. The molecule has 0 saturated heterocycles. The molecule has 0 radical (unpaired) electrons. The van der Waals surface area contributed by atoms with Crippen LogP contribution in [0.2, 0.25) is 5.02 Å². The monoisotopic (exact) mass is 300 g/mol. The molecule has 1 heterocycles. The van der Waals surface area contributed by atoms with Crippen LogP contribution in [-0.4, -0.2) is 19.0 Å². The number of carbonyl (C=O) groups is 1. The fourth-order valence-electron chi connectivity index (χ4n) is 2.68. The molecule has 2 aromatic carbocycles. The van der Waals surface area contributed by atoms with Gasteiger partial charge in [-0.15, -0.1) is 0 Å². The summed E-state index contributed by atoms with van der Waals surface area (Å²) in [4.78, 5) is 16.6. The maximum atomic E-state index is 12.7. The summed E-state index contributed by atoms with van der Waals surface area (Å²) in [6.07, 6.45) is 0.470. The number of para-hydroxylation sites is 1. The second-order valence-corrected chi connectivity index (χ2v) is 5.80.